The summed E-state index contributed by atoms with van der Waals surface area (Å²) in [5.41, 5.74) is 0.669. The van der Waals surface area contributed by atoms with Crippen LogP contribution in [0.4, 0.5) is 10.2 Å². The lowest BCUT2D eigenvalue weighted by atomic mass is 10.2. The van der Waals surface area contributed by atoms with Crippen LogP contribution in [0.2, 0.25) is 0 Å². The summed E-state index contributed by atoms with van der Waals surface area (Å²) in [4.78, 5) is 8.06. The minimum atomic E-state index is -0.291. The van der Waals surface area contributed by atoms with Crippen molar-refractivity contribution >= 4 is 44.0 Å². The van der Waals surface area contributed by atoms with Crippen LogP contribution in [0.5, 0.6) is 0 Å². The third-order valence-corrected chi connectivity index (χ3v) is 5.54. The standard InChI is InChI=1S/C17H14BrFN2OS/c18-12-8-11-3-4-17(20-14(11)9-13(12)19)21-5-6-22-15(10-21)16-2-1-7-23-16/h1-4,7-9,15H,5-6,10H2. The lowest BCUT2D eigenvalue weighted by Crippen LogP contribution is -2.38. The summed E-state index contributed by atoms with van der Waals surface area (Å²) in [5.74, 6) is 0.574. The number of morpholine rings is 1. The molecule has 118 valence electrons. The van der Waals surface area contributed by atoms with Crippen molar-refractivity contribution < 1.29 is 9.13 Å². The van der Waals surface area contributed by atoms with Crippen LogP contribution >= 0.6 is 27.3 Å². The fourth-order valence-corrected chi connectivity index (χ4v) is 3.91. The van der Waals surface area contributed by atoms with Crippen molar-refractivity contribution in [1.82, 2.24) is 4.98 Å². The molecular weight excluding hydrogens is 379 g/mol. The van der Waals surface area contributed by atoms with Gasteiger partial charge in [-0.05, 0) is 45.6 Å². The first kappa shape index (κ1) is 15.1. The molecule has 1 aliphatic heterocycles. The molecule has 2 aromatic heterocycles. The van der Waals surface area contributed by atoms with Crippen molar-refractivity contribution in [2.75, 3.05) is 24.6 Å². The molecule has 3 nitrogen and oxygen atoms in total. The quantitative estimate of drug-likeness (QED) is 0.627. The number of ether oxygens (including phenoxy) is 1. The highest BCUT2D eigenvalue weighted by Crippen LogP contribution is 2.29. The van der Waals surface area contributed by atoms with E-state index in [1.165, 1.54) is 10.9 Å². The number of halogens is 2. The summed E-state index contributed by atoms with van der Waals surface area (Å²) in [6.07, 6.45) is 0.0721. The number of aromatic nitrogens is 1. The largest absolute Gasteiger partial charge is 0.369 e. The number of fused-ring (bicyclic) bond motifs is 1. The summed E-state index contributed by atoms with van der Waals surface area (Å²) < 4.78 is 20.1. The highest BCUT2D eigenvalue weighted by Gasteiger charge is 2.23. The number of thiophene rings is 1. The van der Waals surface area contributed by atoms with Gasteiger partial charge in [-0.2, -0.15) is 0 Å². The second-order valence-electron chi connectivity index (χ2n) is 5.45. The van der Waals surface area contributed by atoms with E-state index in [1.807, 2.05) is 18.2 Å². The van der Waals surface area contributed by atoms with E-state index in [0.29, 0.717) is 16.6 Å². The zero-order valence-electron chi connectivity index (χ0n) is 12.2. The zero-order valence-corrected chi connectivity index (χ0v) is 14.6. The molecule has 0 amide bonds. The summed E-state index contributed by atoms with van der Waals surface area (Å²) >= 11 is 4.92. The van der Waals surface area contributed by atoms with Crippen LogP contribution in [0.3, 0.4) is 0 Å². The number of hydrogen-bond donors (Lipinski definition) is 0. The smallest absolute Gasteiger partial charge is 0.139 e. The zero-order chi connectivity index (χ0) is 15.8. The molecular formula is C17H14BrFN2OS. The third-order valence-electron chi connectivity index (χ3n) is 3.97. The Morgan fingerprint density at radius 3 is 3.04 bits per heavy atom. The average Bonchev–Trinajstić information content (AvgIpc) is 3.10. The molecule has 0 bridgehead atoms. The molecule has 1 aromatic carbocycles. The van der Waals surface area contributed by atoms with Gasteiger partial charge in [0.1, 0.15) is 17.7 Å². The van der Waals surface area contributed by atoms with Crippen molar-refractivity contribution in [3.05, 3.63) is 56.9 Å². The molecule has 3 heterocycles. The molecule has 1 aliphatic rings. The van der Waals surface area contributed by atoms with E-state index in [1.54, 1.807) is 17.4 Å². The molecule has 1 atom stereocenters. The van der Waals surface area contributed by atoms with Gasteiger partial charge < -0.3 is 9.64 Å². The van der Waals surface area contributed by atoms with Crippen LogP contribution in [0, 0.1) is 5.82 Å². The third kappa shape index (κ3) is 2.98. The van der Waals surface area contributed by atoms with E-state index < -0.39 is 0 Å². The summed E-state index contributed by atoms with van der Waals surface area (Å²) in [7, 11) is 0. The summed E-state index contributed by atoms with van der Waals surface area (Å²) in [5, 5.41) is 2.98. The minimum Gasteiger partial charge on any atom is -0.369 e. The average molecular weight is 393 g/mol. The molecule has 1 saturated heterocycles. The van der Waals surface area contributed by atoms with Gasteiger partial charge in [-0.1, -0.05) is 6.07 Å². The number of hydrogen-bond acceptors (Lipinski definition) is 4. The van der Waals surface area contributed by atoms with Crippen LogP contribution in [-0.4, -0.2) is 24.7 Å². The fourth-order valence-electron chi connectivity index (χ4n) is 2.79. The lowest BCUT2D eigenvalue weighted by Gasteiger charge is -2.33. The Morgan fingerprint density at radius 2 is 2.22 bits per heavy atom. The van der Waals surface area contributed by atoms with Gasteiger partial charge in [-0.25, -0.2) is 9.37 Å². The van der Waals surface area contributed by atoms with Gasteiger partial charge in [0.25, 0.3) is 0 Å². The minimum absolute atomic E-state index is 0.0721. The van der Waals surface area contributed by atoms with E-state index >= 15 is 0 Å². The molecule has 1 unspecified atom stereocenters. The Kier molecular flexibility index (Phi) is 4.05. The normalized spacial score (nSPS) is 18.5. The molecule has 0 N–H and O–H groups in total. The van der Waals surface area contributed by atoms with E-state index in [9.17, 15) is 4.39 Å². The lowest BCUT2D eigenvalue weighted by molar-refractivity contribution is 0.0419. The maximum absolute atomic E-state index is 13.8. The Hall–Kier alpha value is -1.50. The molecule has 0 saturated carbocycles. The Bertz CT molecular complexity index is 840. The van der Waals surface area contributed by atoms with Crippen LogP contribution in [0.15, 0.2) is 46.3 Å². The van der Waals surface area contributed by atoms with Gasteiger partial charge in [0.2, 0.25) is 0 Å². The van der Waals surface area contributed by atoms with Crippen molar-refractivity contribution in [1.29, 1.82) is 0 Å². The van der Waals surface area contributed by atoms with E-state index in [-0.39, 0.29) is 11.9 Å². The highest BCUT2D eigenvalue weighted by atomic mass is 79.9. The monoisotopic (exact) mass is 392 g/mol. The highest BCUT2D eigenvalue weighted by molar-refractivity contribution is 9.10. The first-order valence-electron chi connectivity index (χ1n) is 7.36. The molecule has 1 fully saturated rings. The van der Waals surface area contributed by atoms with E-state index in [2.05, 4.69) is 37.3 Å². The van der Waals surface area contributed by atoms with Gasteiger partial charge in [-0.3, -0.25) is 0 Å². The number of nitrogens with zero attached hydrogens (tertiary/aromatic N) is 2. The molecule has 3 aromatic rings. The molecule has 0 aliphatic carbocycles. The Labute approximate surface area is 145 Å². The summed E-state index contributed by atoms with van der Waals surface area (Å²) in [6, 6.07) is 11.3. The molecule has 0 spiro atoms. The predicted octanol–water partition coefficient (Wildman–Crippen LogP) is 4.78. The first-order valence-corrected chi connectivity index (χ1v) is 9.04. The molecule has 4 rings (SSSR count). The van der Waals surface area contributed by atoms with Crippen LogP contribution in [0.1, 0.15) is 11.0 Å². The van der Waals surface area contributed by atoms with Crippen molar-refractivity contribution in [3.8, 4) is 0 Å². The van der Waals surface area contributed by atoms with Gasteiger partial charge in [0.15, 0.2) is 0 Å². The van der Waals surface area contributed by atoms with E-state index in [0.717, 1.165) is 24.3 Å². The number of benzene rings is 1. The number of pyridine rings is 1. The SMILES string of the molecule is Fc1cc2nc(N3CCOC(c4cccs4)C3)ccc2cc1Br. The van der Waals surface area contributed by atoms with Crippen LogP contribution in [0.25, 0.3) is 10.9 Å². The van der Waals surface area contributed by atoms with Gasteiger partial charge >= 0.3 is 0 Å². The molecule has 23 heavy (non-hydrogen) atoms. The van der Waals surface area contributed by atoms with Crippen LogP contribution < -0.4 is 4.90 Å². The van der Waals surface area contributed by atoms with Gasteiger partial charge in [0.05, 0.1) is 23.1 Å². The Morgan fingerprint density at radius 1 is 1.30 bits per heavy atom. The maximum atomic E-state index is 13.8. The van der Waals surface area contributed by atoms with Crippen molar-refractivity contribution in [2.45, 2.75) is 6.10 Å². The van der Waals surface area contributed by atoms with Crippen molar-refractivity contribution in [2.24, 2.45) is 0 Å². The number of rotatable bonds is 2. The first-order chi connectivity index (χ1) is 11.2. The molecule has 6 heteroatoms. The predicted molar refractivity (Wildman–Crippen MR) is 94.6 cm³/mol. The fraction of sp³-hybridized carbons (Fsp3) is 0.235. The molecule has 0 radical (unpaired) electrons. The second kappa shape index (κ2) is 6.19. The maximum Gasteiger partial charge on any atom is 0.139 e. The van der Waals surface area contributed by atoms with Crippen LogP contribution in [-0.2, 0) is 4.74 Å². The summed E-state index contributed by atoms with van der Waals surface area (Å²) in [6.45, 7) is 2.22. The van der Waals surface area contributed by atoms with Crippen molar-refractivity contribution in [3.63, 3.8) is 0 Å². The topological polar surface area (TPSA) is 25.4 Å². The Balaban J connectivity index is 1.64. The van der Waals surface area contributed by atoms with E-state index in [4.69, 9.17) is 4.74 Å². The number of anilines is 1. The second-order valence-corrected chi connectivity index (χ2v) is 7.28. The van der Waals surface area contributed by atoms with Gasteiger partial charge in [0, 0.05) is 22.9 Å². The van der Waals surface area contributed by atoms with Gasteiger partial charge in [-0.15, -0.1) is 11.3 Å².